The molecule has 4 rings (SSSR count). The molecule has 16 heteroatoms. The number of carbonyl (C=O) groups excluding carboxylic acids is 2. The molecule has 8 N–H and O–H groups in total. The molecule has 0 saturated carbocycles. The summed E-state index contributed by atoms with van der Waals surface area (Å²) in [6, 6.07) is 2.26. The molecule has 0 amide bonds. The topological polar surface area (TPSA) is 251 Å². The first-order valence-electron chi connectivity index (χ1n) is 20.9. The van der Waals surface area contributed by atoms with Gasteiger partial charge < -0.3 is 69.3 Å². The van der Waals surface area contributed by atoms with Gasteiger partial charge in [0.25, 0.3) is 0 Å². The standard InChI is InChI=1S/C45H62O16/c1-3-5-7-9-11-13-16-20-30(47)21-17-15-19-23-36(51)59-42-41(33(26-46)61-45(43(42)55)37-29(27-57-45)24-31(48)25-32(37)49)60-44-40(54)39(53)38(52)34(58-44)28-56-35(50)22-18-14-12-10-8-6-4-2/h11-20,22-25,30,33-34,38-44,46-49,52-55H,3-10,21,26-28H2,1-2H3/b13-11-,14-12-,17-15+,20-16+,22-18+,23-19+/t30?,33-,34-,38+,39+,40-,41-,42+,43-,44+,45+/m1/s1. The SMILES string of the molecule is CCCCC/C=C\C=C\C(=O)OC[C@H]1O[C@@H](O[C@H]2[C@H](OC(=O)/C=C/C=C/CC(O)/C=C/C=C\CCCCC)[C@@H](O)[C@@]3(OCc4cc(O)cc(O)c43)O[C@@H]2CO)[C@H](O)[C@@H](O)[C@H]1O. The Hall–Kier alpha value is -4.20. The lowest BCUT2D eigenvalue weighted by molar-refractivity contribution is -0.395. The van der Waals surface area contributed by atoms with Gasteiger partial charge >= 0.3 is 11.9 Å². The highest BCUT2D eigenvalue weighted by molar-refractivity contribution is 5.82. The minimum atomic E-state index is -2.26. The normalized spacial score (nSPS) is 29.9. The minimum absolute atomic E-state index is 0.107. The Labute approximate surface area is 356 Å². The monoisotopic (exact) mass is 858 g/mol. The molecule has 2 saturated heterocycles. The number of benzene rings is 1. The van der Waals surface area contributed by atoms with E-state index in [1.807, 2.05) is 18.2 Å². The van der Waals surface area contributed by atoms with Crippen molar-refractivity contribution in [1.29, 1.82) is 0 Å². The first-order valence-corrected chi connectivity index (χ1v) is 20.9. The number of rotatable bonds is 22. The number of hydrogen-bond donors (Lipinski definition) is 8. The Morgan fingerprint density at radius 3 is 2.15 bits per heavy atom. The van der Waals surface area contributed by atoms with Crippen molar-refractivity contribution in [3.8, 4) is 11.5 Å². The van der Waals surface area contributed by atoms with Crippen LogP contribution in [-0.4, -0.2) is 127 Å². The lowest BCUT2D eigenvalue weighted by Gasteiger charge is -2.50. The Morgan fingerprint density at radius 2 is 1.48 bits per heavy atom. The predicted octanol–water partition coefficient (Wildman–Crippen LogP) is 3.43. The number of ether oxygens (including phenoxy) is 6. The van der Waals surface area contributed by atoms with E-state index in [0.29, 0.717) is 0 Å². The summed E-state index contributed by atoms with van der Waals surface area (Å²) in [4.78, 5) is 25.7. The zero-order valence-corrected chi connectivity index (χ0v) is 34.7. The highest BCUT2D eigenvalue weighted by Gasteiger charge is 2.63. The number of hydrogen-bond acceptors (Lipinski definition) is 16. The average Bonchev–Trinajstić information content (AvgIpc) is 3.60. The molecule has 338 valence electrons. The van der Waals surface area contributed by atoms with Gasteiger partial charge in [-0.3, -0.25) is 0 Å². The summed E-state index contributed by atoms with van der Waals surface area (Å²) in [5, 5.41) is 86.2. The van der Waals surface area contributed by atoms with Gasteiger partial charge in [0.05, 0.1) is 24.9 Å². The number of unbranched alkanes of at least 4 members (excludes halogenated alkanes) is 6. The second-order valence-electron chi connectivity index (χ2n) is 15.1. The first-order chi connectivity index (χ1) is 29.4. The summed E-state index contributed by atoms with van der Waals surface area (Å²) in [6.45, 7) is 2.50. The summed E-state index contributed by atoms with van der Waals surface area (Å²) in [5.41, 5.74) is 0.116. The van der Waals surface area contributed by atoms with Crippen molar-refractivity contribution in [1.82, 2.24) is 0 Å². The van der Waals surface area contributed by atoms with Gasteiger partial charge in [0.2, 0.25) is 5.79 Å². The van der Waals surface area contributed by atoms with Gasteiger partial charge in [-0.2, -0.15) is 0 Å². The summed E-state index contributed by atoms with van der Waals surface area (Å²) in [6.07, 6.45) is 11.0. The number of aromatic hydroxyl groups is 2. The van der Waals surface area contributed by atoms with Crippen LogP contribution in [0.15, 0.2) is 85.0 Å². The molecule has 3 heterocycles. The number of phenols is 2. The maximum atomic E-state index is 13.3. The second-order valence-corrected chi connectivity index (χ2v) is 15.1. The molecule has 2 fully saturated rings. The third-order valence-corrected chi connectivity index (χ3v) is 10.3. The van der Waals surface area contributed by atoms with Crippen LogP contribution in [0.25, 0.3) is 0 Å². The number of fused-ring (bicyclic) bond motifs is 2. The molecular formula is C45H62O16. The van der Waals surface area contributed by atoms with E-state index in [1.54, 1.807) is 24.3 Å². The molecule has 0 aliphatic carbocycles. The van der Waals surface area contributed by atoms with Crippen LogP contribution in [0.3, 0.4) is 0 Å². The fourth-order valence-electron chi connectivity index (χ4n) is 7.09. The summed E-state index contributed by atoms with van der Waals surface area (Å²) >= 11 is 0. The molecule has 0 aromatic heterocycles. The molecular weight excluding hydrogens is 796 g/mol. The van der Waals surface area contributed by atoms with Crippen LogP contribution in [0.5, 0.6) is 11.5 Å². The van der Waals surface area contributed by atoms with Crippen molar-refractivity contribution >= 4 is 11.9 Å². The third-order valence-electron chi connectivity index (χ3n) is 10.3. The van der Waals surface area contributed by atoms with Gasteiger partial charge in [0.1, 0.15) is 54.7 Å². The van der Waals surface area contributed by atoms with Crippen molar-refractivity contribution in [2.24, 2.45) is 0 Å². The minimum Gasteiger partial charge on any atom is -0.508 e. The Kier molecular flexibility index (Phi) is 20.3. The Morgan fingerprint density at radius 1 is 0.820 bits per heavy atom. The van der Waals surface area contributed by atoms with Crippen LogP contribution in [0.4, 0.5) is 0 Å². The fourth-order valence-corrected chi connectivity index (χ4v) is 7.09. The third kappa shape index (κ3) is 13.9. The largest absolute Gasteiger partial charge is 0.508 e. The summed E-state index contributed by atoms with van der Waals surface area (Å²) in [5.74, 6) is -4.90. The van der Waals surface area contributed by atoms with Crippen LogP contribution in [0.2, 0.25) is 0 Å². The smallest absolute Gasteiger partial charge is 0.331 e. The Balaban J connectivity index is 1.50. The predicted molar refractivity (Wildman–Crippen MR) is 220 cm³/mol. The van der Waals surface area contributed by atoms with Gasteiger partial charge in [0, 0.05) is 18.2 Å². The second kappa shape index (κ2) is 25.0. The maximum absolute atomic E-state index is 13.3. The van der Waals surface area contributed by atoms with Crippen molar-refractivity contribution in [2.75, 3.05) is 13.2 Å². The summed E-state index contributed by atoms with van der Waals surface area (Å²) < 4.78 is 34.7. The maximum Gasteiger partial charge on any atom is 0.331 e. The summed E-state index contributed by atoms with van der Waals surface area (Å²) in [7, 11) is 0. The lowest BCUT2D eigenvalue weighted by Crippen LogP contribution is -2.67. The molecule has 0 bridgehead atoms. The molecule has 1 spiro atoms. The van der Waals surface area contributed by atoms with Gasteiger partial charge in [-0.25, -0.2) is 9.59 Å². The molecule has 1 aromatic rings. The van der Waals surface area contributed by atoms with Crippen LogP contribution >= 0.6 is 0 Å². The van der Waals surface area contributed by atoms with E-state index in [9.17, 15) is 50.4 Å². The number of allylic oxidation sites excluding steroid dienone is 8. The van der Waals surface area contributed by atoms with Gasteiger partial charge in [-0.15, -0.1) is 0 Å². The van der Waals surface area contributed by atoms with Crippen molar-refractivity contribution < 1.29 is 78.9 Å². The molecule has 16 nitrogen and oxygen atoms in total. The van der Waals surface area contributed by atoms with Gasteiger partial charge in [0.15, 0.2) is 18.5 Å². The van der Waals surface area contributed by atoms with Crippen molar-refractivity contribution in [3.05, 3.63) is 96.2 Å². The Bertz CT molecular complexity index is 1720. The van der Waals surface area contributed by atoms with E-state index in [1.165, 1.54) is 24.3 Å². The van der Waals surface area contributed by atoms with Crippen LogP contribution in [0, 0.1) is 0 Å². The molecule has 61 heavy (non-hydrogen) atoms. The van der Waals surface area contributed by atoms with Crippen LogP contribution in [0.1, 0.15) is 82.8 Å². The molecule has 0 radical (unpaired) electrons. The zero-order chi connectivity index (χ0) is 44.4. The molecule has 1 aromatic carbocycles. The number of carbonyl (C=O) groups is 2. The number of esters is 2. The number of phenolic OH excluding ortho intramolecular Hbond substituents is 2. The quantitative estimate of drug-likeness (QED) is 0.0360. The van der Waals surface area contributed by atoms with Crippen molar-refractivity contribution in [3.63, 3.8) is 0 Å². The van der Waals surface area contributed by atoms with Crippen LogP contribution in [-0.2, 0) is 50.4 Å². The molecule has 11 atom stereocenters. The highest BCUT2D eigenvalue weighted by atomic mass is 16.8. The lowest BCUT2D eigenvalue weighted by atomic mass is 9.86. The zero-order valence-electron chi connectivity index (χ0n) is 34.7. The van der Waals surface area contributed by atoms with Gasteiger partial charge in [-0.05, 0) is 43.7 Å². The number of aliphatic hydroxyl groups excluding tert-OH is 6. The molecule has 3 aliphatic rings. The first kappa shape index (κ1) is 49.5. The van der Waals surface area contributed by atoms with E-state index in [-0.39, 0.29) is 29.9 Å². The highest BCUT2D eigenvalue weighted by Crippen LogP contribution is 2.51. The van der Waals surface area contributed by atoms with Gasteiger partial charge in [-0.1, -0.05) is 100 Å². The van der Waals surface area contributed by atoms with E-state index in [2.05, 4.69) is 13.8 Å². The number of aliphatic hydroxyl groups is 6. The van der Waals surface area contributed by atoms with Crippen LogP contribution < -0.4 is 0 Å². The average molecular weight is 859 g/mol. The molecule has 3 aliphatic heterocycles. The van der Waals surface area contributed by atoms with E-state index >= 15 is 0 Å². The van der Waals surface area contributed by atoms with E-state index in [4.69, 9.17) is 28.4 Å². The fraction of sp³-hybridized carbons (Fsp3) is 0.556. The molecule has 1 unspecified atom stereocenters. The van der Waals surface area contributed by atoms with Crippen molar-refractivity contribution in [2.45, 2.75) is 145 Å². The van der Waals surface area contributed by atoms with E-state index < -0.39 is 97.9 Å². The van der Waals surface area contributed by atoms with E-state index in [0.717, 1.165) is 69.6 Å².